The number of piperazine rings is 1. The lowest BCUT2D eigenvalue weighted by Crippen LogP contribution is -2.52. The van der Waals surface area contributed by atoms with Gasteiger partial charge in [0.1, 0.15) is 5.82 Å². The fourth-order valence-electron chi connectivity index (χ4n) is 7.64. The molecule has 3 saturated heterocycles. The number of nitrogens with zero attached hydrogens (tertiary/aromatic N) is 5. The Morgan fingerprint density at radius 1 is 0.976 bits per heavy atom. The molecule has 4 fully saturated rings. The Balaban J connectivity index is 1.09. The van der Waals surface area contributed by atoms with Crippen molar-refractivity contribution in [2.24, 2.45) is 5.41 Å². The first kappa shape index (κ1) is 25.7. The largest absolute Gasteiger partial charge is 0.463 e. The first-order valence-corrected chi connectivity index (χ1v) is 15.7. The molecule has 0 spiro atoms. The number of aryl methyl sites for hydroxylation is 1. The zero-order valence-electron chi connectivity index (χ0n) is 24.3. The normalized spacial score (nSPS) is 25.4. The molecule has 8 heteroatoms. The van der Waals surface area contributed by atoms with Crippen LogP contribution in [0.4, 0.5) is 11.5 Å². The van der Waals surface area contributed by atoms with Gasteiger partial charge in [-0.3, -0.25) is 4.90 Å². The predicted molar refractivity (Wildman–Crippen MR) is 162 cm³/mol. The summed E-state index contributed by atoms with van der Waals surface area (Å²) in [7, 11) is 0. The van der Waals surface area contributed by atoms with Crippen LogP contribution < -0.4 is 19.9 Å². The highest BCUT2D eigenvalue weighted by Crippen LogP contribution is 2.47. The van der Waals surface area contributed by atoms with Crippen molar-refractivity contribution in [3.05, 3.63) is 53.2 Å². The number of hydrogen-bond acceptors (Lipinski definition) is 8. The van der Waals surface area contributed by atoms with E-state index in [4.69, 9.17) is 19.4 Å². The Bertz CT molecular complexity index is 1420. The van der Waals surface area contributed by atoms with E-state index in [2.05, 4.69) is 63.3 Å². The van der Waals surface area contributed by atoms with Crippen molar-refractivity contribution in [1.82, 2.24) is 20.2 Å². The zero-order chi connectivity index (χ0) is 27.4. The lowest BCUT2D eigenvalue weighted by molar-refractivity contribution is 0.0231. The molecule has 41 heavy (non-hydrogen) atoms. The van der Waals surface area contributed by atoms with Crippen LogP contribution in [0, 0.1) is 12.3 Å². The van der Waals surface area contributed by atoms with Gasteiger partial charge >= 0.3 is 6.01 Å². The highest BCUT2D eigenvalue weighted by atomic mass is 16.5. The molecule has 1 aromatic heterocycles. The van der Waals surface area contributed by atoms with Crippen LogP contribution in [0.5, 0.6) is 6.01 Å². The van der Waals surface area contributed by atoms with Gasteiger partial charge in [-0.2, -0.15) is 9.97 Å². The molecule has 0 radical (unpaired) electrons. The summed E-state index contributed by atoms with van der Waals surface area (Å²) in [6, 6.07) is 15.0. The van der Waals surface area contributed by atoms with Crippen LogP contribution in [0.25, 0.3) is 10.8 Å². The van der Waals surface area contributed by atoms with Crippen molar-refractivity contribution in [2.75, 3.05) is 68.9 Å². The predicted octanol–water partition coefficient (Wildman–Crippen LogP) is 3.93. The van der Waals surface area contributed by atoms with Gasteiger partial charge in [-0.25, -0.2) is 0 Å². The van der Waals surface area contributed by atoms with Gasteiger partial charge in [0.05, 0.1) is 32.1 Å². The maximum Gasteiger partial charge on any atom is 0.318 e. The molecule has 1 aliphatic carbocycles. The van der Waals surface area contributed by atoms with Gasteiger partial charge in [-0.15, -0.1) is 0 Å². The van der Waals surface area contributed by atoms with E-state index in [1.807, 2.05) is 0 Å². The van der Waals surface area contributed by atoms with Crippen LogP contribution in [0.1, 0.15) is 42.5 Å². The number of ether oxygens (including phenoxy) is 2. The number of nitrogens with one attached hydrogen (secondary N) is 1. The van der Waals surface area contributed by atoms with Gasteiger partial charge in [0.15, 0.2) is 0 Å². The molecule has 2 unspecified atom stereocenters. The summed E-state index contributed by atoms with van der Waals surface area (Å²) in [5.41, 5.74) is 5.31. The van der Waals surface area contributed by atoms with E-state index in [-0.39, 0.29) is 5.41 Å². The summed E-state index contributed by atoms with van der Waals surface area (Å²) in [6.45, 7) is 11.5. The first-order valence-electron chi connectivity index (χ1n) is 15.7. The Kier molecular flexibility index (Phi) is 6.53. The van der Waals surface area contributed by atoms with E-state index in [0.717, 1.165) is 77.0 Å². The van der Waals surface area contributed by atoms with E-state index < -0.39 is 0 Å². The fraction of sp³-hybridized carbons (Fsp3) is 0.576. The highest BCUT2D eigenvalue weighted by molar-refractivity contribution is 5.97. The van der Waals surface area contributed by atoms with E-state index in [1.165, 1.54) is 53.3 Å². The van der Waals surface area contributed by atoms with Gasteiger partial charge in [-0.05, 0) is 56.0 Å². The smallest absolute Gasteiger partial charge is 0.318 e. The van der Waals surface area contributed by atoms with Crippen molar-refractivity contribution >= 4 is 22.3 Å². The fourth-order valence-corrected chi connectivity index (χ4v) is 7.64. The second kappa shape index (κ2) is 10.4. The number of morpholine rings is 1. The number of aromatic nitrogens is 2. The van der Waals surface area contributed by atoms with Crippen molar-refractivity contribution in [1.29, 1.82) is 0 Å². The molecule has 1 saturated carbocycles. The minimum absolute atomic E-state index is 0.234. The van der Waals surface area contributed by atoms with Gasteiger partial charge < -0.3 is 24.6 Å². The average molecular weight is 555 g/mol. The topological polar surface area (TPSA) is 66.0 Å². The van der Waals surface area contributed by atoms with Crippen LogP contribution in [0.2, 0.25) is 0 Å². The standard InChI is InChI=1S/C33H42N6O2/c1-23-4-2-5-24-6-3-7-29(30(23)24)38-13-10-27-28(20-38)35-32(36-31(27)39-18-25-8-9-26(19-39)34-25)41-22-33(11-12-33)21-37-14-16-40-17-15-37/h2-7,25-26,34H,8-22H2,1H3. The van der Waals surface area contributed by atoms with Gasteiger partial charge in [0.2, 0.25) is 0 Å². The van der Waals surface area contributed by atoms with Crippen molar-refractivity contribution in [3.8, 4) is 6.01 Å². The molecule has 5 aliphatic rings. The summed E-state index contributed by atoms with van der Waals surface area (Å²) >= 11 is 0. The van der Waals surface area contributed by atoms with Crippen LogP contribution >= 0.6 is 0 Å². The van der Waals surface area contributed by atoms with E-state index in [1.54, 1.807) is 0 Å². The third-order valence-corrected chi connectivity index (χ3v) is 10.1. The highest BCUT2D eigenvalue weighted by Gasteiger charge is 2.45. The van der Waals surface area contributed by atoms with Crippen LogP contribution in [-0.4, -0.2) is 86.0 Å². The number of anilines is 2. The third kappa shape index (κ3) is 5.04. The minimum atomic E-state index is 0.234. The van der Waals surface area contributed by atoms with Crippen molar-refractivity contribution in [3.63, 3.8) is 0 Å². The molecule has 5 heterocycles. The lowest BCUT2D eigenvalue weighted by atomic mass is 9.99. The SMILES string of the molecule is Cc1cccc2cccc(N3CCc4c(nc(OCC5(CN6CCOCC6)CC5)nc4N4CC5CCC(C4)N5)C3)c12. The number of hydrogen-bond donors (Lipinski definition) is 1. The molecule has 4 aliphatic heterocycles. The molecule has 2 atom stereocenters. The Morgan fingerprint density at radius 3 is 2.54 bits per heavy atom. The monoisotopic (exact) mass is 554 g/mol. The minimum Gasteiger partial charge on any atom is -0.463 e. The van der Waals surface area contributed by atoms with Crippen LogP contribution in [0.3, 0.4) is 0 Å². The summed E-state index contributed by atoms with van der Waals surface area (Å²) in [4.78, 5) is 17.9. The number of fused-ring (bicyclic) bond motifs is 4. The third-order valence-electron chi connectivity index (χ3n) is 10.1. The van der Waals surface area contributed by atoms with E-state index in [9.17, 15) is 0 Å². The molecular formula is C33H42N6O2. The Hall–Kier alpha value is -2.94. The van der Waals surface area contributed by atoms with Crippen LogP contribution in [0.15, 0.2) is 36.4 Å². The molecule has 8 rings (SSSR count). The second-order valence-electron chi connectivity index (χ2n) is 13.1. The summed E-state index contributed by atoms with van der Waals surface area (Å²) in [5.74, 6) is 1.12. The first-order chi connectivity index (χ1) is 20.1. The quantitative estimate of drug-likeness (QED) is 0.472. The molecule has 1 N–H and O–H groups in total. The molecule has 2 aromatic carbocycles. The molecule has 216 valence electrons. The molecule has 3 aromatic rings. The van der Waals surface area contributed by atoms with Crippen molar-refractivity contribution in [2.45, 2.75) is 57.7 Å². The number of benzene rings is 2. The summed E-state index contributed by atoms with van der Waals surface area (Å²) < 4.78 is 12.1. The van der Waals surface area contributed by atoms with Gasteiger partial charge in [0.25, 0.3) is 0 Å². The zero-order valence-corrected chi connectivity index (χ0v) is 24.3. The molecule has 0 amide bonds. The Labute approximate surface area is 243 Å². The van der Waals surface area contributed by atoms with Gasteiger partial charge in [0, 0.05) is 73.4 Å². The maximum atomic E-state index is 6.53. The van der Waals surface area contributed by atoms with Crippen molar-refractivity contribution < 1.29 is 9.47 Å². The Morgan fingerprint density at radius 2 is 1.76 bits per heavy atom. The van der Waals surface area contributed by atoms with Crippen LogP contribution in [-0.2, 0) is 17.7 Å². The summed E-state index contributed by atoms with van der Waals surface area (Å²) in [5, 5.41) is 6.44. The lowest BCUT2D eigenvalue weighted by Gasteiger charge is -2.37. The van der Waals surface area contributed by atoms with Gasteiger partial charge in [-0.1, -0.05) is 30.3 Å². The van der Waals surface area contributed by atoms with E-state index >= 15 is 0 Å². The van der Waals surface area contributed by atoms with E-state index in [0.29, 0.717) is 24.7 Å². The molecule has 2 bridgehead atoms. The molecular weight excluding hydrogens is 512 g/mol. The average Bonchev–Trinajstić information content (AvgIpc) is 3.69. The number of rotatable bonds is 7. The summed E-state index contributed by atoms with van der Waals surface area (Å²) in [6.07, 6.45) is 5.91. The maximum absolute atomic E-state index is 6.53. The second-order valence-corrected chi connectivity index (χ2v) is 13.1. The molecule has 8 nitrogen and oxygen atoms in total.